The Kier molecular flexibility index (Phi) is 6.26. The van der Waals surface area contributed by atoms with E-state index in [0.29, 0.717) is 17.7 Å². The standard InChI is InChI=1S/C18H19N3O5S2/c1-11(22)26-9-12-10-28(25)18-16(17(24)21(18)14(12)5-2-6-19)20-15(23)8-13-4-3-7-27-13/h3-4,7,16,18H,2,5,8-10H2,1H3,(H,20,23). The van der Waals surface area contributed by atoms with E-state index >= 15 is 0 Å². The van der Waals surface area contributed by atoms with Crippen LogP contribution in [0.4, 0.5) is 0 Å². The molecule has 1 N–H and O–H groups in total. The fourth-order valence-corrected chi connectivity index (χ4v) is 5.67. The van der Waals surface area contributed by atoms with Crippen LogP contribution in [0.15, 0.2) is 28.8 Å². The maximum Gasteiger partial charge on any atom is 0.302 e. The van der Waals surface area contributed by atoms with E-state index in [-0.39, 0.29) is 37.0 Å². The molecule has 28 heavy (non-hydrogen) atoms. The molecular formula is C18H19N3O5S2. The van der Waals surface area contributed by atoms with E-state index in [9.17, 15) is 18.6 Å². The monoisotopic (exact) mass is 421 g/mol. The molecule has 148 valence electrons. The average Bonchev–Trinajstić information content (AvgIpc) is 3.15. The Morgan fingerprint density at radius 1 is 1.50 bits per heavy atom. The molecule has 10 heteroatoms. The first-order chi connectivity index (χ1) is 13.4. The second-order valence-corrected chi connectivity index (χ2v) is 8.98. The van der Waals surface area contributed by atoms with Crippen molar-refractivity contribution in [1.29, 1.82) is 5.26 Å². The fraction of sp³-hybridized carbons (Fsp3) is 0.444. The van der Waals surface area contributed by atoms with Gasteiger partial charge in [-0.15, -0.1) is 11.3 Å². The number of carbonyl (C=O) groups is 3. The third-order valence-electron chi connectivity index (χ3n) is 4.48. The maximum absolute atomic E-state index is 12.7. The average molecular weight is 422 g/mol. The Hall–Kier alpha value is -2.51. The molecule has 0 spiro atoms. The van der Waals surface area contributed by atoms with Gasteiger partial charge in [-0.05, 0) is 17.0 Å². The van der Waals surface area contributed by atoms with Crippen LogP contribution < -0.4 is 5.32 Å². The molecule has 3 atom stereocenters. The molecule has 2 amide bonds. The summed E-state index contributed by atoms with van der Waals surface area (Å²) in [4.78, 5) is 38.3. The van der Waals surface area contributed by atoms with Crippen LogP contribution in [-0.2, 0) is 36.3 Å². The van der Waals surface area contributed by atoms with Crippen molar-refractivity contribution in [2.24, 2.45) is 0 Å². The highest BCUT2D eigenvalue weighted by Gasteiger charge is 2.55. The molecule has 0 saturated carbocycles. The molecule has 2 aliphatic rings. The summed E-state index contributed by atoms with van der Waals surface area (Å²) in [6.45, 7) is 1.21. The van der Waals surface area contributed by atoms with Crippen LogP contribution in [0, 0.1) is 11.3 Å². The quantitative estimate of drug-likeness (QED) is 0.515. The van der Waals surface area contributed by atoms with Crippen molar-refractivity contribution in [3.8, 4) is 6.07 Å². The number of ether oxygens (including phenoxy) is 1. The van der Waals surface area contributed by atoms with Gasteiger partial charge in [0.2, 0.25) is 5.91 Å². The van der Waals surface area contributed by atoms with Gasteiger partial charge in [-0.2, -0.15) is 5.26 Å². The van der Waals surface area contributed by atoms with Gasteiger partial charge in [-0.3, -0.25) is 23.5 Å². The van der Waals surface area contributed by atoms with E-state index in [0.717, 1.165) is 4.88 Å². The van der Waals surface area contributed by atoms with Gasteiger partial charge in [0.05, 0.1) is 29.0 Å². The Morgan fingerprint density at radius 3 is 2.93 bits per heavy atom. The van der Waals surface area contributed by atoms with Crippen LogP contribution in [0.3, 0.4) is 0 Å². The number of carbonyl (C=O) groups excluding carboxylic acids is 3. The molecule has 1 saturated heterocycles. The number of fused-ring (bicyclic) bond motifs is 1. The number of amides is 2. The zero-order chi connectivity index (χ0) is 20.3. The predicted molar refractivity (Wildman–Crippen MR) is 102 cm³/mol. The molecule has 1 aromatic heterocycles. The van der Waals surface area contributed by atoms with E-state index < -0.39 is 28.2 Å². The van der Waals surface area contributed by atoms with E-state index in [1.54, 1.807) is 0 Å². The van der Waals surface area contributed by atoms with E-state index in [1.807, 2.05) is 23.6 Å². The number of hydrogen-bond acceptors (Lipinski definition) is 7. The lowest BCUT2D eigenvalue weighted by Crippen LogP contribution is -2.73. The smallest absolute Gasteiger partial charge is 0.302 e. The number of β-lactam (4-membered cyclic amide) rings is 1. The normalized spacial score (nSPS) is 23.5. The molecule has 0 radical (unpaired) electrons. The maximum atomic E-state index is 12.7. The van der Waals surface area contributed by atoms with E-state index in [4.69, 9.17) is 10.00 Å². The first-order valence-electron chi connectivity index (χ1n) is 8.65. The summed E-state index contributed by atoms with van der Waals surface area (Å²) >= 11 is 1.45. The summed E-state index contributed by atoms with van der Waals surface area (Å²) in [5.74, 6) is -0.995. The summed E-state index contributed by atoms with van der Waals surface area (Å²) < 4.78 is 17.7. The molecule has 3 rings (SSSR count). The minimum Gasteiger partial charge on any atom is -0.461 e. The molecule has 0 bridgehead atoms. The van der Waals surface area contributed by atoms with Crippen LogP contribution in [-0.4, -0.2) is 50.7 Å². The summed E-state index contributed by atoms with van der Waals surface area (Å²) in [6, 6.07) is 4.86. The third kappa shape index (κ3) is 4.15. The first-order valence-corrected chi connectivity index (χ1v) is 10.9. The van der Waals surface area contributed by atoms with Gasteiger partial charge in [0, 0.05) is 30.3 Å². The summed E-state index contributed by atoms with van der Waals surface area (Å²) in [5, 5.41) is 12.8. The van der Waals surface area contributed by atoms with Gasteiger partial charge < -0.3 is 10.1 Å². The molecule has 1 fully saturated rings. The first kappa shape index (κ1) is 20.2. The molecule has 0 aromatic carbocycles. The third-order valence-corrected chi connectivity index (χ3v) is 7.01. The van der Waals surface area contributed by atoms with Gasteiger partial charge in [0.1, 0.15) is 18.0 Å². The highest BCUT2D eigenvalue weighted by molar-refractivity contribution is 7.86. The van der Waals surface area contributed by atoms with Crippen LogP contribution >= 0.6 is 11.3 Å². The molecule has 2 aliphatic heterocycles. The van der Waals surface area contributed by atoms with Crippen LogP contribution in [0.25, 0.3) is 0 Å². The van der Waals surface area contributed by atoms with Crippen LogP contribution in [0.2, 0.25) is 0 Å². The highest BCUT2D eigenvalue weighted by atomic mass is 32.2. The van der Waals surface area contributed by atoms with Crippen molar-refractivity contribution in [2.45, 2.75) is 37.6 Å². The molecule has 0 aliphatic carbocycles. The second-order valence-electron chi connectivity index (χ2n) is 6.41. The highest BCUT2D eigenvalue weighted by Crippen LogP contribution is 2.36. The predicted octanol–water partition coefficient (Wildman–Crippen LogP) is 0.827. The van der Waals surface area contributed by atoms with Crippen molar-refractivity contribution in [1.82, 2.24) is 10.2 Å². The minimum atomic E-state index is -1.44. The molecule has 1 aromatic rings. The Balaban J connectivity index is 1.75. The molecule has 3 heterocycles. The number of thiophene rings is 1. The van der Waals surface area contributed by atoms with Crippen molar-refractivity contribution in [3.63, 3.8) is 0 Å². The van der Waals surface area contributed by atoms with Crippen molar-refractivity contribution >= 4 is 39.9 Å². The van der Waals surface area contributed by atoms with Gasteiger partial charge in [-0.25, -0.2) is 0 Å². The molecular weight excluding hydrogens is 402 g/mol. The van der Waals surface area contributed by atoms with Gasteiger partial charge in [0.15, 0.2) is 0 Å². The summed E-state index contributed by atoms with van der Waals surface area (Å²) in [5.41, 5.74) is 1.15. The van der Waals surface area contributed by atoms with E-state index in [2.05, 4.69) is 5.32 Å². The van der Waals surface area contributed by atoms with Gasteiger partial charge in [0.25, 0.3) is 5.91 Å². The Bertz CT molecular complexity index is 888. The van der Waals surface area contributed by atoms with E-state index in [1.165, 1.54) is 23.2 Å². The number of nitrogens with zero attached hydrogens (tertiary/aromatic N) is 2. The van der Waals surface area contributed by atoms with Gasteiger partial charge in [-0.1, -0.05) is 6.07 Å². The van der Waals surface area contributed by atoms with Crippen LogP contribution in [0.1, 0.15) is 24.6 Å². The summed E-state index contributed by atoms with van der Waals surface area (Å²) in [6.07, 6.45) is 0.634. The topological polar surface area (TPSA) is 117 Å². The second kappa shape index (κ2) is 8.67. The number of allylic oxidation sites excluding steroid dienone is 1. The van der Waals surface area contributed by atoms with Gasteiger partial charge >= 0.3 is 5.97 Å². The number of nitrogens with one attached hydrogen (secondary N) is 1. The molecule has 8 nitrogen and oxygen atoms in total. The number of hydrogen-bond donors (Lipinski definition) is 1. The van der Waals surface area contributed by atoms with Crippen LogP contribution in [0.5, 0.6) is 0 Å². The number of rotatable bonds is 7. The number of nitriles is 1. The zero-order valence-electron chi connectivity index (χ0n) is 15.2. The zero-order valence-corrected chi connectivity index (χ0v) is 16.8. The lowest BCUT2D eigenvalue weighted by molar-refractivity contribution is -0.146. The van der Waals surface area contributed by atoms with Crippen molar-refractivity contribution in [3.05, 3.63) is 33.7 Å². The number of esters is 1. The van der Waals surface area contributed by atoms with Crippen molar-refractivity contribution < 1.29 is 23.3 Å². The minimum absolute atomic E-state index is 0.0618. The van der Waals surface area contributed by atoms with Crippen molar-refractivity contribution in [2.75, 3.05) is 12.4 Å². The Morgan fingerprint density at radius 2 is 2.29 bits per heavy atom. The Labute approximate surface area is 168 Å². The molecule has 3 unspecified atom stereocenters. The lowest BCUT2D eigenvalue weighted by Gasteiger charge is -2.50. The largest absolute Gasteiger partial charge is 0.461 e. The lowest BCUT2D eigenvalue weighted by atomic mass is 10.0. The SMILES string of the molecule is CC(=O)OCC1=C(CCC#N)N2C(=O)C(NC(=O)Cc3cccs3)C2S(=O)C1. The summed E-state index contributed by atoms with van der Waals surface area (Å²) in [7, 11) is -1.44. The fourth-order valence-electron chi connectivity index (χ4n) is 3.25.